The fraction of sp³-hybridized carbons (Fsp3) is 0.571. The van der Waals surface area contributed by atoms with Crippen LogP contribution in [0.2, 0.25) is 0 Å². The number of amides is 1. The van der Waals surface area contributed by atoms with Crippen LogP contribution in [0.25, 0.3) is 0 Å². The summed E-state index contributed by atoms with van der Waals surface area (Å²) >= 11 is 1.22. The molecule has 0 radical (unpaired) electrons. The number of carbonyl (C=O) groups is 1. The molecule has 1 N–H and O–H groups in total. The molecule has 1 atom stereocenters. The molecule has 0 bridgehead atoms. The number of thioether (sulfide) groups is 1. The molecule has 2 heterocycles. The fourth-order valence-electron chi connectivity index (χ4n) is 3.88. The Morgan fingerprint density at radius 3 is 2.50 bits per heavy atom. The van der Waals surface area contributed by atoms with E-state index in [0.29, 0.717) is 49.0 Å². The number of hydrogen-bond acceptors (Lipinski definition) is 8. The monoisotopic (exact) mass is 480 g/mol. The summed E-state index contributed by atoms with van der Waals surface area (Å²) in [6.45, 7) is 3.24. The van der Waals surface area contributed by atoms with E-state index in [9.17, 15) is 13.2 Å². The molecule has 2 fully saturated rings. The second kappa shape index (κ2) is 10.3. The molecule has 1 aliphatic heterocycles. The third-order valence-electron chi connectivity index (χ3n) is 5.75. The minimum Gasteiger partial charge on any atom is -0.416 e. The summed E-state index contributed by atoms with van der Waals surface area (Å²) in [6.07, 6.45) is 5.75. The first-order valence-electron chi connectivity index (χ1n) is 10.9. The van der Waals surface area contributed by atoms with Gasteiger partial charge in [-0.15, -0.1) is 10.2 Å². The smallest absolute Gasteiger partial charge is 0.277 e. The quantitative estimate of drug-likeness (QED) is 0.601. The maximum Gasteiger partial charge on any atom is 0.277 e. The lowest BCUT2D eigenvalue weighted by atomic mass is 9.89. The lowest BCUT2D eigenvalue weighted by Crippen LogP contribution is -2.40. The Balaban J connectivity index is 1.33. The van der Waals surface area contributed by atoms with E-state index in [4.69, 9.17) is 9.15 Å². The van der Waals surface area contributed by atoms with Gasteiger partial charge in [0.15, 0.2) is 0 Å². The molecule has 32 heavy (non-hydrogen) atoms. The van der Waals surface area contributed by atoms with E-state index in [1.54, 1.807) is 19.1 Å². The minimum atomic E-state index is -3.56. The van der Waals surface area contributed by atoms with Crippen molar-refractivity contribution in [2.75, 3.05) is 31.6 Å². The second-order valence-corrected chi connectivity index (χ2v) is 11.3. The molecule has 1 aromatic carbocycles. The minimum absolute atomic E-state index is 0.195. The van der Waals surface area contributed by atoms with Gasteiger partial charge < -0.3 is 14.5 Å². The Morgan fingerprint density at radius 1 is 1.12 bits per heavy atom. The van der Waals surface area contributed by atoms with Gasteiger partial charge in [-0.2, -0.15) is 4.31 Å². The van der Waals surface area contributed by atoms with E-state index in [2.05, 4.69) is 15.5 Å². The van der Waals surface area contributed by atoms with E-state index in [1.165, 1.54) is 47.5 Å². The predicted molar refractivity (Wildman–Crippen MR) is 120 cm³/mol. The van der Waals surface area contributed by atoms with E-state index >= 15 is 0 Å². The highest BCUT2D eigenvalue weighted by atomic mass is 32.2. The molecule has 9 nitrogen and oxygen atoms in total. The van der Waals surface area contributed by atoms with Crippen LogP contribution in [0.3, 0.4) is 0 Å². The van der Waals surface area contributed by atoms with Gasteiger partial charge in [-0.1, -0.05) is 31.0 Å². The Labute approximate surface area is 192 Å². The summed E-state index contributed by atoms with van der Waals surface area (Å²) < 4.78 is 37.8. The average Bonchev–Trinajstić information content (AvgIpc) is 3.29. The van der Waals surface area contributed by atoms with Crippen LogP contribution in [0.15, 0.2) is 38.8 Å². The Morgan fingerprint density at radius 2 is 1.81 bits per heavy atom. The average molecular weight is 481 g/mol. The van der Waals surface area contributed by atoms with Crippen LogP contribution in [0.1, 0.15) is 50.8 Å². The van der Waals surface area contributed by atoms with E-state index in [1.807, 2.05) is 0 Å². The van der Waals surface area contributed by atoms with Crippen LogP contribution in [0, 0.1) is 0 Å². The van der Waals surface area contributed by atoms with Crippen molar-refractivity contribution in [1.82, 2.24) is 14.5 Å². The standard InChI is InChI=1S/C21H28N4O5S2/c1-15(31-21-24-23-20(30-21)16-5-3-2-4-6-16)19(26)22-17-7-9-18(10-8-17)32(27,28)25-11-13-29-14-12-25/h7-10,15-16H,2-6,11-14H2,1H3,(H,22,26). The number of ether oxygens (including phenoxy) is 1. The predicted octanol–water partition coefficient (Wildman–Crippen LogP) is 3.26. The molecule has 1 saturated heterocycles. The summed E-state index contributed by atoms with van der Waals surface area (Å²) in [5.41, 5.74) is 0.525. The van der Waals surface area contributed by atoms with Crippen molar-refractivity contribution in [2.24, 2.45) is 0 Å². The van der Waals surface area contributed by atoms with Crippen molar-refractivity contribution < 1.29 is 22.4 Å². The first-order chi connectivity index (χ1) is 15.4. The molecule has 1 aliphatic carbocycles. The SMILES string of the molecule is CC(Sc1nnc(C2CCCCC2)o1)C(=O)Nc1ccc(S(=O)(=O)N2CCOCC2)cc1. The maximum absolute atomic E-state index is 12.7. The van der Waals surface area contributed by atoms with Gasteiger partial charge in [-0.05, 0) is 44.0 Å². The summed E-state index contributed by atoms with van der Waals surface area (Å²) in [5.74, 6) is 0.759. The topological polar surface area (TPSA) is 115 Å². The summed E-state index contributed by atoms with van der Waals surface area (Å²) in [4.78, 5) is 12.8. The highest BCUT2D eigenvalue weighted by Gasteiger charge is 2.27. The van der Waals surface area contributed by atoms with Crippen molar-refractivity contribution in [3.05, 3.63) is 30.2 Å². The van der Waals surface area contributed by atoms with Gasteiger partial charge in [-0.25, -0.2) is 8.42 Å². The molecule has 11 heteroatoms. The van der Waals surface area contributed by atoms with Gasteiger partial charge in [0.25, 0.3) is 5.22 Å². The number of hydrogen-bond donors (Lipinski definition) is 1. The summed E-state index contributed by atoms with van der Waals surface area (Å²) in [7, 11) is -3.56. The maximum atomic E-state index is 12.7. The normalized spacial score (nSPS) is 19.5. The van der Waals surface area contributed by atoms with Crippen molar-refractivity contribution in [3.63, 3.8) is 0 Å². The largest absolute Gasteiger partial charge is 0.416 e. The van der Waals surface area contributed by atoms with Gasteiger partial charge in [0.05, 0.1) is 23.4 Å². The summed E-state index contributed by atoms with van der Waals surface area (Å²) in [6, 6.07) is 6.20. The number of benzene rings is 1. The lowest BCUT2D eigenvalue weighted by molar-refractivity contribution is -0.115. The Bertz CT molecular complexity index is 1010. The number of anilines is 1. The number of aromatic nitrogens is 2. The van der Waals surface area contributed by atoms with Gasteiger partial charge in [0, 0.05) is 24.7 Å². The van der Waals surface area contributed by atoms with E-state index in [-0.39, 0.29) is 10.8 Å². The van der Waals surface area contributed by atoms with Crippen LogP contribution in [-0.4, -0.2) is 60.4 Å². The zero-order chi connectivity index (χ0) is 22.6. The molecule has 174 valence electrons. The number of sulfonamides is 1. The number of rotatable bonds is 7. The van der Waals surface area contributed by atoms with Crippen LogP contribution < -0.4 is 5.32 Å². The van der Waals surface area contributed by atoms with Crippen LogP contribution in [0.4, 0.5) is 5.69 Å². The molecule has 1 amide bonds. The summed E-state index contributed by atoms with van der Waals surface area (Å²) in [5, 5.41) is 11.0. The Kier molecular flexibility index (Phi) is 7.49. The second-order valence-electron chi connectivity index (χ2n) is 8.03. The zero-order valence-corrected chi connectivity index (χ0v) is 19.7. The highest BCUT2D eigenvalue weighted by molar-refractivity contribution is 8.00. The molecule has 1 saturated carbocycles. The van der Waals surface area contributed by atoms with Crippen molar-refractivity contribution >= 4 is 33.4 Å². The Hall–Kier alpha value is -1.95. The van der Waals surface area contributed by atoms with Crippen LogP contribution >= 0.6 is 11.8 Å². The van der Waals surface area contributed by atoms with Crippen molar-refractivity contribution in [3.8, 4) is 0 Å². The number of morpholine rings is 1. The first kappa shape index (κ1) is 23.2. The number of carbonyl (C=O) groups excluding carboxylic acids is 1. The number of nitrogens with one attached hydrogen (secondary N) is 1. The van der Waals surface area contributed by atoms with E-state index < -0.39 is 15.3 Å². The lowest BCUT2D eigenvalue weighted by Gasteiger charge is -2.26. The molecule has 1 unspecified atom stereocenters. The number of nitrogens with zero attached hydrogens (tertiary/aromatic N) is 3. The van der Waals surface area contributed by atoms with Gasteiger partial charge >= 0.3 is 0 Å². The molecule has 0 spiro atoms. The fourth-order valence-corrected chi connectivity index (χ4v) is 5.98. The van der Waals surface area contributed by atoms with Crippen molar-refractivity contribution in [1.29, 1.82) is 0 Å². The zero-order valence-electron chi connectivity index (χ0n) is 18.0. The third-order valence-corrected chi connectivity index (χ3v) is 8.60. The molecule has 2 aliphatic rings. The highest BCUT2D eigenvalue weighted by Crippen LogP contribution is 2.33. The van der Waals surface area contributed by atoms with Gasteiger partial charge in [0.1, 0.15) is 0 Å². The van der Waals surface area contributed by atoms with Crippen LogP contribution in [-0.2, 0) is 19.6 Å². The van der Waals surface area contributed by atoms with Crippen LogP contribution in [0.5, 0.6) is 0 Å². The molecular weight excluding hydrogens is 452 g/mol. The molecule has 1 aromatic heterocycles. The third kappa shape index (κ3) is 5.51. The molecule has 4 rings (SSSR count). The molecule has 2 aromatic rings. The van der Waals surface area contributed by atoms with Gasteiger partial charge in [0.2, 0.25) is 21.8 Å². The first-order valence-corrected chi connectivity index (χ1v) is 13.2. The van der Waals surface area contributed by atoms with E-state index in [0.717, 1.165) is 12.8 Å². The van der Waals surface area contributed by atoms with Gasteiger partial charge in [-0.3, -0.25) is 4.79 Å². The van der Waals surface area contributed by atoms with Crippen molar-refractivity contribution in [2.45, 2.75) is 60.3 Å². The molecular formula is C21H28N4O5S2.